The summed E-state index contributed by atoms with van der Waals surface area (Å²) in [6.45, 7) is 3.61. The number of carbonyl (C=O) groups excluding carboxylic acids is 1. The van der Waals surface area contributed by atoms with Gasteiger partial charge in [0.25, 0.3) is 5.91 Å². The van der Waals surface area contributed by atoms with Crippen LogP contribution in [0.15, 0.2) is 42.5 Å². The Morgan fingerprint density at radius 1 is 1.17 bits per heavy atom. The molecule has 0 aliphatic rings. The van der Waals surface area contributed by atoms with Gasteiger partial charge in [-0.3, -0.25) is 4.79 Å². The number of amides is 1. The second-order valence-electron chi connectivity index (χ2n) is 5.60. The van der Waals surface area contributed by atoms with Crippen molar-refractivity contribution >= 4 is 28.9 Å². The zero-order chi connectivity index (χ0) is 17.0. The van der Waals surface area contributed by atoms with Crippen LogP contribution >= 0.6 is 11.6 Å². The molecule has 0 radical (unpaired) electrons. The molecule has 0 heterocycles. The number of anilines is 2. The molecule has 2 aromatic carbocycles. The summed E-state index contributed by atoms with van der Waals surface area (Å²) in [7, 11) is 3.94. The number of hydrogen-bond donors (Lipinski definition) is 1. The number of benzene rings is 2. The van der Waals surface area contributed by atoms with E-state index >= 15 is 0 Å². The Morgan fingerprint density at radius 2 is 1.83 bits per heavy atom. The lowest BCUT2D eigenvalue weighted by atomic mass is 10.2. The molecule has 1 N–H and O–H groups in total. The van der Waals surface area contributed by atoms with Crippen molar-refractivity contribution in [2.24, 2.45) is 0 Å². The second-order valence-corrected chi connectivity index (χ2v) is 6.04. The largest absolute Gasteiger partial charge is 0.481 e. The fourth-order valence-corrected chi connectivity index (χ4v) is 2.30. The number of hydrogen-bond acceptors (Lipinski definition) is 3. The second kappa shape index (κ2) is 7.38. The summed E-state index contributed by atoms with van der Waals surface area (Å²) in [6, 6.07) is 13.0. The molecule has 1 atom stereocenters. The van der Waals surface area contributed by atoms with Crippen molar-refractivity contribution in [1.29, 1.82) is 0 Å². The average molecular weight is 333 g/mol. The zero-order valence-corrected chi connectivity index (χ0v) is 14.5. The van der Waals surface area contributed by atoms with E-state index in [0.717, 1.165) is 16.9 Å². The van der Waals surface area contributed by atoms with E-state index in [0.29, 0.717) is 10.8 Å². The third-order valence-electron chi connectivity index (χ3n) is 3.46. The SMILES string of the molecule is Cc1cc(Cl)ccc1O[C@@H](C)C(=O)Nc1ccc(N(C)C)cc1. The zero-order valence-electron chi connectivity index (χ0n) is 13.8. The van der Waals surface area contributed by atoms with Gasteiger partial charge in [0.15, 0.2) is 6.10 Å². The van der Waals surface area contributed by atoms with Crippen molar-refractivity contribution in [2.45, 2.75) is 20.0 Å². The lowest BCUT2D eigenvalue weighted by Crippen LogP contribution is -2.30. The Bertz CT molecular complexity index is 684. The smallest absolute Gasteiger partial charge is 0.265 e. The van der Waals surface area contributed by atoms with Gasteiger partial charge < -0.3 is 15.0 Å². The number of nitrogens with one attached hydrogen (secondary N) is 1. The maximum absolute atomic E-state index is 12.2. The van der Waals surface area contributed by atoms with Gasteiger partial charge in [-0.15, -0.1) is 0 Å². The number of nitrogens with zero attached hydrogens (tertiary/aromatic N) is 1. The first kappa shape index (κ1) is 17.2. The molecule has 0 bridgehead atoms. The minimum atomic E-state index is -0.608. The first-order chi connectivity index (χ1) is 10.9. The third kappa shape index (κ3) is 4.63. The maximum Gasteiger partial charge on any atom is 0.265 e. The summed E-state index contributed by atoms with van der Waals surface area (Å²) < 4.78 is 5.72. The van der Waals surface area contributed by atoms with E-state index in [1.165, 1.54) is 0 Å². The molecule has 0 aromatic heterocycles. The van der Waals surface area contributed by atoms with Crippen LogP contribution in [0.2, 0.25) is 5.02 Å². The molecule has 122 valence electrons. The molecule has 4 nitrogen and oxygen atoms in total. The molecule has 1 amide bonds. The Hall–Kier alpha value is -2.20. The summed E-state index contributed by atoms with van der Waals surface area (Å²) >= 11 is 5.92. The fourth-order valence-electron chi connectivity index (χ4n) is 2.08. The van der Waals surface area contributed by atoms with E-state index in [-0.39, 0.29) is 5.91 Å². The molecule has 0 fully saturated rings. The van der Waals surface area contributed by atoms with Crippen LogP contribution in [0, 0.1) is 6.92 Å². The summed E-state index contributed by atoms with van der Waals surface area (Å²) in [5.41, 5.74) is 2.71. The van der Waals surface area contributed by atoms with Gasteiger partial charge in [-0.1, -0.05) is 11.6 Å². The van der Waals surface area contributed by atoms with Crippen LogP contribution in [0.4, 0.5) is 11.4 Å². The number of ether oxygens (including phenoxy) is 1. The average Bonchev–Trinajstić information content (AvgIpc) is 2.50. The topological polar surface area (TPSA) is 41.6 Å². The van der Waals surface area contributed by atoms with Gasteiger partial charge in [0.1, 0.15) is 5.75 Å². The van der Waals surface area contributed by atoms with Gasteiger partial charge in [0.2, 0.25) is 0 Å². The minimum absolute atomic E-state index is 0.197. The van der Waals surface area contributed by atoms with Gasteiger partial charge in [-0.25, -0.2) is 0 Å². The van der Waals surface area contributed by atoms with Crippen molar-refractivity contribution in [3.63, 3.8) is 0 Å². The van der Waals surface area contributed by atoms with Crippen molar-refractivity contribution in [2.75, 3.05) is 24.3 Å². The summed E-state index contributed by atoms with van der Waals surface area (Å²) in [6.07, 6.45) is -0.608. The van der Waals surface area contributed by atoms with E-state index < -0.39 is 6.10 Å². The minimum Gasteiger partial charge on any atom is -0.481 e. The van der Waals surface area contributed by atoms with Crippen LogP contribution in [-0.2, 0) is 4.79 Å². The number of rotatable bonds is 5. The van der Waals surface area contributed by atoms with Crippen LogP contribution in [0.25, 0.3) is 0 Å². The monoisotopic (exact) mass is 332 g/mol. The molecule has 0 saturated heterocycles. The van der Waals surface area contributed by atoms with Crippen LogP contribution in [0.3, 0.4) is 0 Å². The van der Waals surface area contributed by atoms with Crippen LogP contribution in [0.5, 0.6) is 5.75 Å². The van der Waals surface area contributed by atoms with Crippen LogP contribution < -0.4 is 15.0 Å². The van der Waals surface area contributed by atoms with Crippen LogP contribution in [-0.4, -0.2) is 26.1 Å². The first-order valence-corrected chi connectivity index (χ1v) is 7.75. The molecule has 5 heteroatoms. The van der Waals surface area contributed by atoms with E-state index in [4.69, 9.17) is 16.3 Å². The molecule has 23 heavy (non-hydrogen) atoms. The Kier molecular flexibility index (Phi) is 5.50. The molecule has 0 aliphatic heterocycles. The van der Waals surface area contributed by atoms with Crippen molar-refractivity contribution in [3.05, 3.63) is 53.1 Å². The highest BCUT2D eigenvalue weighted by Gasteiger charge is 2.16. The van der Waals surface area contributed by atoms with Crippen LogP contribution in [0.1, 0.15) is 12.5 Å². The number of aryl methyl sites for hydroxylation is 1. The van der Waals surface area contributed by atoms with E-state index in [2.05, 4.69) is 5.32 Å². The van der Waals surface area contributed by atoms with E-state index in [1.807, 2.05) is 56.3 Å². The van der Waals surface area contributed by atoms with Crippen molar-refractivity contribution < 1.29 is 9.53 Å². The molecule has 0 aliphatic carbocycles. The lowest BCUT2D eigenvalue weighted by Gasteiger charge is -2.17. The summed E-state index contributed by atoms with van der Waals surface area (Å²) in [5, 5.41) is 3.50. The van der Waals surface area contributed by atoms with Gasteiger partial charge in [0.05, 0.1) is 0 Å². The molecule has 0 spiro atoms. The predicted molar refractivity (Wildman–Crippen MR) is 95.7 cm³/mol. The van der Waals surface area contributed by atoms with Gasteiger partial charge in [-0.05, 0) is 61.9 Å². The molecule has 0 saturated carbocycles. The Labute approximate surface area is 142 Å². The molecular formula is C18H21ClN2O2. The lowest BCUT2D eigenvalue weighted by molar-refractivity contribution is -0.122. The van der Waals surface area contributed by atoms with E-state index in [9.17, 15) is 4.79 Å². The van der Waals surface area contributed by atoms with Crippen molar-refractivity contribution in [1.82, 2.24) is 0 Å². The number of carbonyl (C=O) groups is 1. The molecule has 2 aromatic rings. The number of halogens is 1. The van der Waals surface area contributed by atoms with Gasteiger partial charge >= 0.3 is 0 Å². The molecule has 2 rings (SSSR count). The summed E-state index contributed by atoms with van der Waals surface area (Å²) in [5.74, 6) is 0.456. The predicted octanol–water partition coefficient (Wildman–Crippen LogP) is 4.12. The fraction of sp³-hybridized carbons (Fsp3) is 0.278. The highest BCUT2D eigenvalue weighted by Crippen LogP contribution is 2.23. The molecular weight excluding hydrogens is 312 g/mol. The highest BCUT2D eigenvalue weighted by atomic mass is 35.5. The first-order valence-electron chi connectivity index (χ1n) is 7.38. The maximum atomic E-state index is 12.2. The highest BCUT2D eigenvalue weighted by molar-refractivity contribution is 6.30. The van der Waals surface area contributed by atoms with E-state index in [1.54, 1.807) is 19.1 Å². The van der Waals surface area contributed by atoms with Gasteiger partial charge in [-0.2, -0.15) is 0 Å². The van der Waals surface area contributed by atoms with Crippen molar-refractivity contribution in [3.8, 4) is 5.75 Å². The Morgan fingerprint density at radius 3 is 2.39 bits per heavy atom. The normalized spacial score (nSPS) is 11.7. The quantitative estimate of drug-likeness (QED) is 0.895. The Balaban J connectivity index is 1.99. The standard InChI is InChI=1S/C18H21ClN2O2/c1-12-11-14(19)5-10-17(12)23-13(2)18(22)20-15-6-8-16(9-7-15)21(3)4/h5-11,13H,1-4H3,(H,20,22)/t13-/m0/s1. The summed E-state index contributed by atoms with van der Waals surface area (Å²) in [4.78, 5) is 14.2. The molecule has 0 unspecified atom stereocenters. The third-order valence-corrected chi connectivity index (χ3v) is 3.70. The van der Waals surface area contributed by atoms with Gasteiger partial charge in [0, 0.05) is 30.5 Å².